The van der Waals surface area contributed by atoms with Crippen molar-refractivity contribution in [3.8, 4) is 0 Å². The lowest BCUT2D eigenvalue weighted by atomic mass is 10.3. The van der Waals surface area contributed by atoms with Crippen molar-refractivity contribution in [2.45, 2.75) is 38.5 Å². The SMILES string of the molecule is CC(O)CCN(C)S(=O)(=O)C(C)C. The van der Waals surface area contributed by atoms with Gasteiger partial charge in [0.1, 0.15) is 0 Å². The maximum atomic E-state index is 11.5. The third-order valence-corrected chi connectivity index (χ3v) is 4.13. The van der Waals surface area contributed by atoms with Crippen LogP contribution in [0.25, 0.3) is 0 Å². The first-order chi connectivity index (χ1) is 5.78. The third kappa shape index (κ3) is 4.06. The number of aliphatic hydroxyl groups excluding tert-OH is 1. The van der Waals surface area contributed by atoms with E-state index in [0.29, 0.717) is 13.0 Å². The van der Waals surface area contributed by atoms with E-state index in [1.54, 1.807) is 20.8 Å². The number of hydrogen-bond donors (Lipinski definition) is 1. The Morgan fingerprint density at radius 1 is 1.31 bits per heavy atom. The first-order valence-corrected chi connectivity index (χ1v) is 5.92. The molecule has 0 fully saturated rings. The van der Waals surface area contributed by atoms with Crippen molar-refractivity contribution in [3.63, 3.8) is 0 Å². The highest BCUT2D eigenvalue weighted by Crippen LogP contribution is 2.07. The van der Waals surface area contributed by atoms with Gasteiger partial charge in [0.2, 0.25) is 10.0 Å². The van der Waals surface area contributed by atoms with Crippen molar-refractivity contribution < 1.29 is 13.5 Å². The highest BCUT2D eigenvalue weighted by atomic mass is 32.2. The maximum Gasteiger partial charge on any atom is 0.216 e. The summed E-state index contributed by atoms with van der Waals surface area (Å²) in [5, 5.41) is 8.59. The molecule has 13 heavy (non-hydrogen) atoms. The Hall–Kier alpha value is -0.130. The van der Waals surface area contributed by atoms with Crippen molar-refractivity contribution in [3.05, 3.63) is 0 Å². The quantitative estimate of drug-likeness (QED) is 0.714. The first kappa shape index (κ1) is 12.9. The predicted molar refractivity (Wildman–Crippen MR) is 53.0 cm³/mol. The van der Waals surface area contributed by atoms with Crippen molar-refractivity contribution in [2.75, 3.05) is 13.6 Å². The smallest absolute Gasteiger partial charge is 0.216 e. The van der Waals surface area contributed by atoms with Crippen LogP contribution in [-0.2, 0) is 10.0 Å². The molecule has 0 amide bonds. The monoisotopic (exact) mass is 209 g/mol. The van der Waals surface area contributed by atoms with Gasteiger partial charge in [-0.1, -0.05) is 0 Å². The number of rotatable bonds is 5. The van der Waals surface area contributed by atoms with E-state index in [2.05, 4.69) is 0 Å². The Balaban J connectivity index is 4.19. The molecule has 0 aromatic carbocycles. The molecule has 0 aromatic heterocycles. The summed E-state index contributed by atoms with van der Waals surface area (Å²) >= 11 is 0. The third-order valence-electron chi connectivity index (χ3n) is 1.89. The van der Waals surface area contributed by atoms with Crippen LogP contribution in [0.1, 0.15) is 27.2 Å². The van der Waals surface area contributed by atoms with Gasteiger partial charge in [-0.25, -0.2) is 12.7 Å². The summed E-state index contributed by atoms with van der Waals surface area (Å²) in [4.78, 5) is 0. The van der Waals surface area contributed by atoms with Crippen LogP contribution < -0.4 is 0 Å². The minimum Gasteiger partial charge on any atom is -0.393 e. The van der Waals surface area contributed by atoms with Crippen LogP contribution in [0.4, 0.5) is 0 Å². The van der Waals surface area contributed by atoms with Crippen LogP contribution in [0.3, 0.4) is 0 Å². The second-order valence-corrected chi connectivity index (χ2v) is 6.15. The molecule has 1 atom stereocenters. The lowest BCUT2D eigenvalue weighted by molar-refractivity contribution is 0.177. The van der Waals surface area contributed by atoms with Crippen molar-refractivity contribution >= 4 is 10.0 Å². The summed E-state index contributed by atoms with van der Waals surface area (Å²) in [6, 6.07) is 0. The molecule has 0 saturated heterocycles. The van der Waals surface area contributed by atoms with Crippen LogP contribution in [0, 0.1) is 0 Å². The summed E-state index contributed by atoms with van der Waals surface area (Å²) < 4.78 is 24.3. The highest BCUT2D eigenvalue weighted by molar-refractivity contribution is 7.89. The molecule has 1 N–H and O–H groups in total. The standard InChI is InChI=1S/C8H19NO3S/c1-7(2)13(11,12)9(4)6-5-8(3)10/h7-8,10H,5-6H2,1-4H3. The summed E-state index contributed by atoms with van der Waals surface area (Å²) in [5.74, 6) is 0. The molecular weight excluding hydrogens is 190 g/mol. The van der Waals surface area contributed by atoms with E-state index in [-0.39, 0.29) is 0 Å². The molecule has 0 aliphatic rings. The van der Waals surface area contributed by atoms with Crippen molar-refractivity contribution in [1.82, 2.24) is 4.31 Å². The Morgan fingerprint density at radius 3 is 2.08 bits per heavy atom. The summed E-state index contributed by atoms with van der Waals surface area (Å²) in [5.41, 5.74) is 0. The molecule has 1 unspecified atom stereocenters. The number of hydrogen-bond acceptors (Lipinski definition) is 3. The van der Waals surface area contributed by atoms with Gasteiger partial charge in [-0.2, -0.15) is 0 Å². The van der Waals surface area contributed by atoms with Gasteiger partial charge in [0.15, 0.2) is 0 Å². The Bertz CT molecular complexity index is 234. The molecule has 0 rings (SSSR count). The lowest BCUT2D eigenvalue weighted by Crippen LogP contribution is -2.34. The largest absolute Gasteiger partial charge is 0.393 e. The highest BCUT2D eigenvalue weighted by Gasteiger charge is 2.21. The number of aliphatic hydroxyl groups is 1. The molecule has 0 heterocycles. The zero-order valence-corrected chi connectivity index (χ0v) is 9.50. The van der Waals surface area contributed by atoms with Crippen LogP contribution in [0.5, 0.6) is 0 Å². The van der Waals surface area contributed by atoms with E-state index in [0.717, 1.165) is 0 Å². The average Bonchev–Trinajstić information content (AvgIpc) is 1.99. The second kappa shape index (κ2) is 4.93. The molecule has 0 radical (unpaired) electrons. The Morgan fingerprint density at radius 2 is 1.77 bits per heavy atom. The van der Waals surface area contributed by atoms with E-state index < -0.39 is 21.4 Å². The predicted octanol–water partition coefficient (Wildman–Crippen LogP) is 0.427. The van der Waals surface area contributed by atoms with Gasteiger partial charge < -0.3 is 5.11 Å². The number of sulfonamides is 1. The van der Waals surface area contributed by atoms with Gasteiger partial charge in [-0.15, -0.1) is 0 Å². The molecule has 0 saturated carbocycles. The normalized spacial score (nSPS) is 15.3. The number of nitrogens with zero attached hydrogens (tertiary/aromatic N) is 1. The van der Waals surface area contributed by atoms with Crippen LogP contribution in [0.15, 0.2) is 0 Å². The average molecular weight is 209 g/mol. The minimum absolute atomic E-state index is 0.373. The zero-order valence-electron chi connectivity index (χ0n) is 8.69. The first-order valence-electron chi connectivity index (χ1n) is 4.41. The maximum absolute atomic E-state index is 11.5. The Kier molecular flexibility index (Phi) is 4.88. The minimum atomic E-state index is -3.15. The van der Waals surface area contributed by atoms with Crippen LogP contribution in [0.2, 0.25) is 0 Å². The summed E-state index contributed by atoms with van der Waals surface area (Å²) in [7, 11) is -1.61. The molecule has 0 bridgehead atoms. The molecule has 0 aliphatic heterocycles. The van der Waals surface area contributed by atoms with Crippen LogP contribution >= 0.6 is 0 Å². The Labute approximate surface area is 80.6 Å². The lowest BCUT2D eigenvalue weighted by Gasteiger charge is -2.20. The molecule has 80 valence electrons. The van der Waals surface area contributed by atoms with Gasteiger partial charge in [0.25, 0.3) is 0 Å². The fraction of sp³-hybridized carbons (Fsp3) is 1.00. The van der Waals surface area contributed by atoms with Gasteiger partial charge in [-0.05, 0) is 27.2 Å². The van der Waals surface area contributed by atoms with E-state index in [9.17, 15) is 8.42 Å². The van der Waals surface area contributed by atoms with Gasteiger partial charge >= 0.3 is 0 Å². The molecule has 0 aliphatic carbocycles. The fourth-order valence-electron chi connectivity index (χ4n) is 0.856. The topological polar surface area (TPSA) is 57.6 Å². The van der Waals surface area contributed by atoms with E-state index in [4.69, 9.17) is 5.11 Å². The van der Waals surface area contributed by atoms with Crippen molar-refractivity contribution in [2.24, 2.45) is 0 Å². The summed E-state index contributed by atoms with van der Waals surface area (Å²) in [6.45, 7) is 5.32. The molecular formula is C8H19NO3S. The molecule has 0 aromatic rings. The van der Waals surface area contributed by atoms with E-state index in [1.165, 1.54) is 11.4 Å². The molecule has 5 heteroatoms. The second-order valence-electron chi connectivity index (χ2n) is 3.55. The van der Waals surface area contributed by atoms with E-state index >= 15 is 0 Å². The fourth-order valence-corrected chi connectivity index (χ4v) is 1.94. The van der Waals surface area contributed by atoms with Gasteiger partial charge in [-0.3, -0.25) is 0 Å². The molecule has 4 nitrogen and oxygen atoms in total. The van der Waals surface area contributed by atoms with Crippen LogP contribution in [-0.4, -0.2) is 42.8 Å². The van der Waals surface area contributed by atoms with Gasteiger partial charge in [0, 0.05) is 13.6 Å². The van der Waals surface area contributed by atoms with E-state index in [1.807, 2.05) is 0 Å². The van der Waals surface area contributed by atoms with Crippen molar-refractivity contribution in [1.29, 1.82) is 0 Å². The molecule has 0 spiro atoms. The van der Waals surface area contributed by atoms with Gasteiger partial charge in [0.05, 0.1) is 11.4 Å². The zero-order chi connectivity index (χ0) is 10.6. The summed E-state index contributed by atoms with van der Waals surface area (Å²) in [6.07, 6.45) is 0.0208.